The van der Waals surface area contributed by atoms with E-state index >= 15 is 0 Å². The zero-order valence-electron chi connectivity index (χ0n) is 9.48. The molecule has 0 aliphatic carbocycles. The van der Waals surface area contributed by atoms with Crippen molar-refractivity contribution in [2.75, 3.05) is 6.54 Å². The van der Waals surface area contributed by atoms with Gasteiger partial charge in [-0.1, -0.05) is 29.8 Å². The van der Waals surface area contributed by atoms with Crippen LogP contribution in [-0.2, 0) is 4.79 Å². The van der Waals surface area contributed by atoms with Crippen LogP contribution in [0.2, 0.25) is 5.02 Å². The number of carbonyl (C=O) groups excluding carboxylic acids is 1. The van der Waals surface area contributed by atoms with Gasteiger partial charge in [-0.05, 0) is 24.6 Å². The van der Waals surface area contributed by atoms with Crippen LogP contribution in [-0.4, -0.2) is 18.4 Å². The highest BCUT2D eigenvalue weighted by molar-refractivity contribution is 6.32. The third kappa shape index (κ3) is 4.70. The van der Waals surface area contributed by atoms with Crippen LogP contribution in [0.15, 0.2) is 35.3 Å². The molecule has 17 heavy (non-hydrogen) atoms. The van der Waals surface area contributed by atoms with Crippen LogP contribution >= 0.6 is 11.6 Å². The first-order valence-electron chi connectivity index (χ1n) is 5.17. The van der Waals surface area contributed by atoms with Gasteiger partial charge in [-0.3, -0.25) is 15.1 Å². The van der Waals surface area contributed by atoms with Crippen LogP contribution < -0.4 is 11.1 Å². The van der Waals surface area contributed by atoms with Gasteiger partial charge in [0.05, 0.1) is 0 Å². The molecule has 90 valence electrons. The molecule has 0 saturated carbocycles. The Hall–Kier alpha value is -1.81. The monoisotopic (exact) mass is 251 g/mol. The maximum absolute atomic E-state index is 11.4. The quantitative estimate of drug-likeness (QED) is 0.489. The Balaban J connectivity index is 2.63. The molecule has 0 aliphatic heterocycles. The topological polar surface area (TPSA) is 67.5 Å². The number of nitrogens with zero attached hydrogens (tertiary/aromatic N) is 1. The SMILES string of the molecule is CCN=C(N)NC(=O)C=Cc1ccccc1Cl. The van der Waals surface area contributed by atoms with Gasteiger partial charge in [0.1, 0.15) is 0 Å². The van der Waals surface area contributed by atoms with Crippen molar-refractivity contribution >= 4 is 29.5 Å². The van der Waals surface area contributed by atoms with E-state index in [1.165, 1.54) is 6.08 Å². The Morgan fingerprint density at radius 3 is 2.88 bits per heavy atom. The normalized spacial score (nSPS) is 11.8. The number of hydrogen-bond acceptors (Lipinski definition) is 2. The predicted octanol–water partition coefficient (Wildman–Crippen LogP) is 1.80. The summed E-state index contributed by atoms with van der Waals surface area (Å²) < 4.78 is 0. The van der Waals surface area contributed by atoms with Crippen molar-refractivity contribution < 1.29 is 4.79 Å². The number of halogens is 1. The van der Waals surface area contributed by atoms with Crippen molar-refractivity contribution in [2.45, 2.75) is 6.92 Å². The molecule has 1 rings (SSSR count). The number of benzene rings is 1. The summed E-state index contributed by atoms with van der Waals surface area (Å²) in [5, 5.41) is 3.02. The van der Waals surface area contributed by atoms with E-state index in [-0.39, 0.29) is 11.9 Å². The fraction of sp³-hybridized carbons (Fsp3) is 0.167. The highest BCUT2D eigenvalue weighted by atomic mass is 35.5. The lowest BCUT2D eigenvalue weighted by atomic mass is 10.2. The minimum Gasteiger partial charge on any atom is -0.370 e. The van der Waals surface area contributed by atoms with Crippen LogP contribution in [0.5, 0.6) is 0 Å². The van der Waals surface area contributed by atoms with Gasteiger partial charge in [-0.2, -0.15) is 0 Å². The first-order chi connectivity index (χ1) is 8.13. The molecule has 1 amide bonds. The number of amides is 1. The second-order valence-electron chi connectivity index (χ2n) is 3.20. The summed E-state index contributed by atoms with van der Waals surface area (Å²) >= 11 is 5.93. The molecule has 4 nitrogen and oxygen atoms in total. The van der Waals surface area contributed by atoms with Crippen LogP contribution in [0, 0.1) is 0 Å². The van der Waals surface area contributed by atoms with E-state index in [4.69, 9.17) is 17.3 Å². The minimum atomic E-state index is -0.334. The van der Waals surface area contributed by atoms with Crippen LogP contribution in [0.25, 0.3) is 6.08 Å². The fourth-order valence-electron chi connectivity index (χ4n) is 1.15. The Kier molecular flexibility index (Phi) is 5.23. The van der Waals surface area contributed by atoms with E-state index in [9.17, 15) is 4.79 Å². The standard InChI is InChI=1S/C12H14ClN3O/c1-2-15-12(14)16-11(17)8-7-9-5-3-4-6-10(9)13/h3-8H,2H2,1H3,(H3,14,15,16,17). The van der Waals surface area contributed by atoms with Gasteiger partial charge in [0.25, 0.3) is 5.91 Å². The molecule has 0 heterocycles. The molecule has 0 unspecified atom stereocenters. The predicted molar refractivity (Wildman–Crippen MR) is 70.8 cm³/mol. The molecule has 0 bridgehead atoms. The van der Waals surface area contributed by atoms with Crippen molar-refractivity contribution in [3.63, 3.8) is 0 Å². The highest BCUT2D eigenvalue weighted by Gasteiger charge is 1.98. The van der Waals surface area contributed by atoms with Crippen LogP contribution in [0.4, 0.5) is 0 Å². The van der Waals surface area contributed by atoms with Crippen molar-refractivity contribution in [3.05, 3.63) is 40.9 Å². The number of guanidine groups is 1. The van der Waals surface area contributed by atoms with E-state index < -0.39 is 0 Å². The van der Waals surface area contributed by atoms with Crippen molar-refractivity contribution in [1.29, 1.82) is 0 Å². The lowest BCUT2D eigenvalue weighted by Gasteiger charge is -2.00. The lowest BCUT2D eigenvalue weighted by Crippen LogP contribution is -2.35. The van der Waals surface area contributed by atoms with Gasteiger partial charge < -0.3 is 5.73 Å². The molecule has 0 radical (unpaired) electrons. The summed E-state index contributed by atoms with van der Waals surface area (Å²) in [5.41, 5.74) is 6.22. The average molecular weight is 252 g/mol. The first kappa shape index (κ1) is 13.3. The number of aliphatic imine (C=N–C) groups is 1. The van der Waals surface area contributed by atoms with Crippen molar-refractivity contribution in [3.8, 4) is 0 Å². The number of carbonyl (C=O) groups is 1. The molecular formula is C12H14ClN3O. The average Bonchev–Trinajstić information content (AvgIpc) is 2.28. The summed E-state index contributed by atoms with van der Waals surface area (Å²) in [6, 6.07) is 7.24. The number of nitrogens with one attached hydrogen (secondary N) is 1. The molecule has 5 heteroatoms. The highest BCUT2D eigenvalue weighted by Crippen LogP contribution is 2.15. The first-order valence-corrected chi connectivity index (χ1v) is 5.54. The molecule has 1 aromatic rings. The van der Waals surface area contributed by atoms with Gasteiger partial charge in [-0.25, -0.2) is 0 Å². The van der Waals surface area contributed by atoms with E-state index in [0.29, 0.717) is 11.6 Å². The smallest absolute Gasteiger partial charge is 0.250 e. The molecular weight excluding hydrogens is 238 g/mol. The number of hydrogen-bond donors (Lipinski definition) is 2. The molecule has 0 fully saturated rings. The number of rotatable bonds is 3. The van der Waals surface area contributed by atoms with Gasteiger partial charge in [0.15, 0.2) is 5.96 Å². The van der Waals surface area contributed by atoms with Gasteiger partial charge in [0.2, 0.25) is 0 Å². The molecule has 0 saturated heterocycles. The molecule has 3 N–H and O–H groups in total. The maximum atomic E-state index is 11.4. The van der Waals surface area contributed by atoms with Gasteiger partial charge in [0, 0.05) is 17.6 Å². The van der Waals surface area contributed by atoms with Crippen LogP contribution in [0.3, 0.4) is 0 Å². The Morgan fingerprint density at radius 2 is 2.24 bits per heavy atom. The van der Waals surface area contributed by atoms with Crippen molar-refractivity contribution in [2.24, 2.45) is 10.7 Å². The van der Waals surface area contributed by atoms with E-state index in [1.54, 1.807) is 12.1 Å². The number of nitrogens with two attached hydrogens (primary N) is 1. The second kappa shape index (κ2) is 6.70. The molecule has 0 aromatic heterocycles. The Labute approximate surface area is 105 Å². The summed E-state index contributed by atoms with van der Waals surface area (Å²) in [7, 11) is 0. The molecule has 1 aromatic carbocycles. The maximum Gasteiger partial charge on any atom is 0.250 e. The van der Waals surface area contributed by atoms with E-state index in [1.807, 2.05) is 25.1 Å². The summed E-state index contributed by atoms with van der Waals surface area (Å²) in [6.45, 7) is 2.36. The van der Waals surface area contributed by atoms with Crippen molar-refractivity contribution in [1.82, 2.24) is 5.32 Å². The zero-order valence-corrected chi connectivity index (χ0v) is 10.2. The summed E-state index contributed by atoms with van der Waals surface area (Å²) in [5.74, 6) is -0.221. The van der Waals surface area contributed by atoms with E-state index in [2.05, 4.69) is 10.3 Å². The third-order valence-corrected chi connectivity index (χ3v) is 2.24. The second-order valence-corrected chi connectivity index (χ2v) is 3.61. The van der Waals surface area contributed by atoms with E-state index in [0.717, 1.165) is 5.56 Å². The lowest BCUT2D eigenvalue weighted by molar-refractivity contribution is -0.115. The van der Waals surface area contributed by atoms with Gasteiger partial charge in [-0.15, -0.1) is 0 Å². The Bertz CT molecular complexity index is 455. The zero-order chi connectivity index (χ0) is 12.7. The minimum absolute atomic E-state index is 0.112. The molecule has 0 aliphatic rings. The van der Waals surface area contributed by atoms with Crippen LogP contribution in [0.1, 0.15) is 12.5 Å². The molecule has 0 atom stereocenters. The fourth-order valence-corrected chi connectivity index (χ4v) is 1.35. The summed E-state index contributed by atoms with van der Waals surface area (Å²) in [4.78, 5) is 15.3. The van der Waals surface area contributed by atoms with Gasteiger partial charge >= 0.3 is 0 Å². The Morgan fingerprint density at radius 1 is 1.53 bits per heavy atom. The molecule has 0 spiro atoms. The largest absolute Gasteiger partial charge is 0.370 e. The summed E-state index contributed by atoms with van der Waals surface area (Å²) in [6.07, 6.45) is 2.98. The third-order valence-electron chi connectivity index (χ3n) is 1.90.